The van der Waals surface area contributed by atoms with Crippen LogP contribution in [0.15, 0.2) is 59.5 Å². The van der Waals surface area contributed by atoms with Crippen LogP contribution in [0.1, 0.15) is 11.1 Å². The van der Waals surface area contributed by atoms with Crippen molar-refractivity contribution in [3.05, 3.63) is 65.7 Å². The second kappa shape index (κ2) is 8.48. The molecule has 0 aromatic heterocycles. The molecule has 0 bridgehead atoms. The minimum Gasteiger partial charge on any atom is -0.467 e. The van der Waals surface area contributed by atoms with Crippen molar-refractivity contribution in [3.63, 3.8) is 0 Å². The molecule has 0 aliphatic heterocycles. The number of carbonyl (C=O) groups excluding carboxylic acids is 2. The Hall–Kier alpha value is -2.87. The molecule has 0 saturated heterocycles. The number of benzene rings is 2. The van der Waals surface area contributed by atoms with Gasteiger partial charge in [0.25, 0.3) is 10.0 Å². The average molecular weight is 376 g/mol. The topological polar surface area (TPSA) is 102 Å². The molecule has 0 radical (unpaired) electrons. The van der Waals surface area contributed by atoms with Gasteiger partial charge in [0, 0.05) is 6.42 Å². The van der Waals surface area contributed by atoms with Crippen molar-refractivity contribution in [2.75, 3.05) is 7.11 Å². The summed E-state index contributed by atoms with van der Waals surface area (Å²) in [6.07, 6.45) is 0.172. The number of sulfonamides is 1. The van der Waals surface area contributed by atoms with Crippen LogP contribution in [-0.4, -0.2) is 33.6 Å². The molecule has 0 aliphatic rings. The van der Waals surface area contributed by atoms with Gasteiger partial charge in [-0.1, -0.05) is 48.5 Å². The third-order valence-electron chi connectivity index (χ3n) is 3.68. The first-order chi connectivity index (χ1) is 12.3. The Morgan fingerprint density at radius 3 is 2.27 bits per heavy atom. The molecule has 2 aromatic rings. The molecule has 0 spiro atoms. The summed E-state index contributed by atoms with van der Waals surface area (Å²) in [6, 6.07) is 13.3. The van der Waals surface area contributed by atoms with Crippen molar-refractivity contribution in [2.45, 2.75) is 24.3 Å². The van der Waals surface area contributed by atoms with E-state index in [1.807, 2.05) is 10.8 Å². The molecule has 2 aromatic carbocycles. The zero-order valence-electron chi connectivity index (χ0n) is 14.4. The van der Waals surface area contributed by atoms with Gasteiger partial charge >= 0.3 is 12.0 Å². The zero-order valence-corrected chi connectivity index (χ0v) is 15.2. The fourth-order valence-electron chi connectivity index (χ4n) is 2.41. The lowest BCUT2D eigenvalue weighted by molar-refractivity contribution is -0.142. The molecule has 2 rings (SSSR count). The highest BCUT2D eigenvalue weighted by Gasteiger charge is 2.25. The monoisotopic (exact) mass is 376 g/mol. The Kier molecular flexibility index (Phi) is 6.35. The maximum Gasteiger partial charge on any atom is 0.329 e. The highest BCUT2D eigenvalue weighted by Crippen LogP contribution is 2.13. The predicted molar refractivity (Wildman–Crippen MR) is 96.0 cm³/mol. The van der Waals surface area contributed by atoms with Gasteiger partial charge in [-0.25, -0.2) is 22.7 Å². The standard InChI is InChI=1S/C18H20N2O5S/c1-13-8-6-7-11-16(13)26(23,24)20-18(22)19-15(17(21)25-2)12-14-9-4-3-5-10-14/h3-11,15H,12H2,1-2H3,(H2,19,20,22). The second-order valence-electron chi connectivity index (χ2n) is 5.61. The normalized spacial score (nSPS) is 12.1. The number of hydrogen-bond donors (Lipinski definition) is 2. The number of rotatable bonds is 6. The quantitative estimate of drug-likeness (QED) is 0.748. The third-order valence-corrected chi connectivity index (χ3v) is 5.18. The number of urea groups is 1. The van der Waals surface area contributed by atoms with Crippen molar-refractivity contribution in [2.24, 2.45) is 0 Å². The summed E-state index contributed by atoms with van der Waals surface area (Å²) in [6.45, 7) is 1.62. The highest BCUT2D eigenvalue weighted by molar-refractivity contribution is 7.90. The highest BCUT2D eigenvalue weighted by atomic mass is 32.2. The van der Waals surface area contributed by atoms with Gasteiger partial charge in [-0.2, -0.15) is 0 Å². The molecule has 0 saturated carbocycles. The molecular weight excluding hydrogens is 356 g/mol. The predicted octanol–water partition coefficient (Wildman–Crippen LogP) is 1.77. The fourth-order valence-corrected chi connectivity index (χ4v) is 3.57. The van der Waals surface area contributed by atoms with Gasteiger partial charge in [0.1, 0.15) is 6.04 Å². The Labute approximate surface area is 152 Å². The number of methoxy groups -OCH3 is 1. The molecule has 1 atom stereocenters. The van der Waals surface area contributed by atoms with Gasteiger partial charge in [-0.05, 0) is 24.1 Å². The van der Waals surface area contributed by atoms with E-state index in [1.165, 1.54) is 13.2 Å². The maximum atomic E-state index is 12.4. The van der Waals surface area contributed by atoms with E-state index in [9.17, 15) is 18.0 Å². The molecule has 138 valence electrons. The second-order valence-corrected chi connectivity index (χ2v) is 7.26. The number of amides is 2. The van der Waals surface area contributed by atoms with Crippen molar-refractivity contribution >= 4 is 22.0 Å². The minimum atomic E-state index is -4.06. The van der Waals surface area contributed by atoms with Gasteiger partial charge < -0.3 is 10.1 Å². The summed E-state index contributed by atoms with van der Waals surface area (Å²) in [7, 11) is -2.86. The zero-order chi connectivity index (χ0) is 19.2. The molecule has 1 unspecified atom stereocenters. The smallest absolute Gasteiger partial charge is 0.329 e. The Morgan fingerprint density at radius 1 is 1.04 bits per heavy atom. The SMILES string of the molecule is COC(=O)C(Cc1ccccc1)NC(=O)NS(=O)(=O)c1ccccc1C. The van der Waals surface area contributed by atoms with Gasteiger partial charge in [-0.15, -0.1) is 0 Å². The molecule has 2 amide bonds. The van der Waals surface area contributed by atoms with E-state index in [0.717, 1.165) is 5.56 Å². The van der Waals surface area contributed by atoms with E-state index in [0.29, 0.717) is 5.56 Å². The Morgan fingerprint density at radius 2 is 1.65 bits per heavy atom. The molecule has 0 heterocycles. The van der Waals surface area contributed by atoms with Gasteiger partial charge in [-0.3, -0.25) is 0 Å². The Balaban J connectivity index is 2.12. The van der Waals surface area contributed by atoms with E-state index in [-0.39, 0.29) is 11.3 Å². The number of esters is 1. The summed E-state index contributed by atoms with van der Waals surface area (Å²) in [4.78, 5) is 24.1. The summed E-state index contributed by atoms with van der Waals surface area (Å²) < 4.78 is 31.3. The molecule has 2 N–H and O–H groups in total. The first-order valence-electron chi connectivity index (χ1n) is 7.84. The summed E-state index contributed by atoms with van der Waals surface area (Å²) >= 11 is 0. The lowest BCUT2D eigenvalue weighted by Gasteiger charge is -2.17. The summed E-state index contributed by atoms with van der Waals surface area (Å²) in [5.41, 5.74) is 1.30. The molecule has 8 heteroatoms. The lowest BCUT2D eigenvalue weighted by atomic mass is 10.1. The van der Waals surface area contributed by atoms with Crippen molar-refractivity contribution in [1.29, 1.82) is 0 Å². The third kappa shape index (κ3) is 5.06. The van der Waals surface area contributed by atoms with E-state index < -0.39 is 28.1 Å². The maximum absolute atomic E-state index is 12.4. The van der Waals surface area contributed by atoms with E-state index in [1.54, 1.807) is 49.4 Å². The van der Waals surface area contributed by atoms with Crippen LogP contribution in [0.3, 0.4) is 0 Å². The molecule has 26 heavy (non-hydrogen) atoms. The number of hydrogen-bond acceptors (Lipinski definition) is 5. The van der Waals surface area contributed by atoms with E-state index >= 15 is 0 Å². The summed E-state index contributed by atoms with van der Waals surface area (Å²) in [5.74, 6) is -0.669. The van der Waals surface area contributed by atoms with Crippen LogP contribution in [0.4, 0.5) is 4.79 Å². The molecule has 0 aliphatic carbocycles. The average Bonchev–Trinajstić information content (AvgIpc) is 2.61. The van der Waals surface area contributed by atoms with Crippen LogP contribution in [-0.2, 0) is 26.0 Å². The fraction of sp³-hybridized carbons (Fsp3) is 0.222. The van der Waals surface area contributed by atoms with Crippen molar-refractivity contribution < 1.29 is 22.7 Å². The van der Waals surface area contributed by atoms with E-state index in [4.69, 9.17) is 0 Å². The number of nitrogens with one attached hydrogen (secondary N) is 2. The van der Waals surface area contributed by atoms with Crippen LogP contribution in [0, 0.1) is 6.92 Å². The lowest BCUT2D eigenvalue weighted by Crippen LogP contribution is -2.49. The number of ether oxygens (including phenoxy) is 1. The van der Waals surface area contributed by atoms with Gasteiger partial charge in [0.15, 0.2) is 0 Å². The summed E-state index contributed by atoms with van der Waals surface area (Å²) in [5, 5.41) is 2.36. The molecule has 7 nitrogen and oxygen atoms in total. The van der Waals surface area contributed by atoms with Crippen molar-refractivity contribution in [1.82, 2.24) is 10.0 Å². The van der Waals surface area contributed by atoms with Crippen LogP contribution >= 0.6 is 0 Å². The van der Waals surface area contributed by atoms with Gasteiger partial charge in [0.05, 0.1) is 12.0 Å². The Bertz CT molecular complexity index is 881. The number of carbonyl (C=O) groups is 2. The molecular formula is C18H20N2O5S. The minimum absolute atomic E-state index is 0.00664. The van der Waals surface area contributed by atoms with Crippen LogP contribution < -0.4 is 10.0 Å². The van der Waals surface area contributed by atoms with Crippen LogP contribution in [0.5, 0.6) is 0 Å². The first-order valence-corrected chi connectivity index (χ1v) is 9.32. The van der Waals surface area contributed by atoms with Crippen LogP contribution in [0.2, 0.25) is 0 Å². The van der Waals surface area contributed by atoms with Crippen LogP contribution in [0.25, 0.3) is 0 Å². The largest absolute Gasteiger partial charge is 0.467 e. The number of aryl methyl sites for hydroxylation is 1. The first kappa shape index (κ1) is 19.5. The van der Waals surface area contributed by atoms with Crippen molar-refractivity contribution in [3.8, 4) is 0 Å². The van der Waals surface area contributed by atoms with E-state index in [2.05, 4.69) is 10.1 Å². The molecule has 0 fully saturated rings. The van der Waals surface area contributed by atoms with Gasteiger partial charge in [0.2, 0.25) is 0 Å².